The lowest BCUT2D eigenvalue weighted by Crippen LogP contribution is -2.29. The third-order valence-corrected chi connectivity index (χ3v) is 3.70. The van der Waals surface area contributed by atoms with Gasteiger partial charge in [-0.2, -0.15) is 4.72 Å². The fourth-order valence-electron chi connectivity index (χ4n) is 1.36. The second kappa shape index (κ2) is 6.35. The maximum atomic E-state index is 11.8. The van der Waals surface area contributed by atoms with E-state index in [-0.39, 0.29) is 16.2 Å². The number of methoxy groups -OCH3 is 2. The summed E-state index contributed by atoms with van der Waals surface area (Å²) in [6, 6.07) is 3.48. The van der Waals surface area contributed by atoms with Crippen LogP contribution in [0.25, 0.3) is 0 Å². The predicted octanol–water partition coefficient (Wildman–Crippen LogP) is -0.155. The lowest BCUT2D eigenvalue weighted by molar-refractivity contribution is -0.135. The molecule has 9 heteroatoms. The second-order valence-corrected chi connectivity index (χ2v) is 5.34. The summed E-state index contributed by atoms with van der Waals surface area (Å²) in [6.07, 6.45) is 0. The molecular formula is C11H13NO7S. The van der Waals surface area contributed by atoms with Crippen LogP contribution < -0.4 is 9.46 Å². The van der Waals surface area contributed by atoms with Crippen molar-refractivity contribution < 1.29 is 32.6 Å². The van der Waals surface area contributed by atoms with E-state index >= 15 is 0 Å². The SMILES string of the molecule is COC(=O)c1ccc(S(=O)(=O)NCC(=O)O)cc1OC. The number of sulfonamides is 1. The molecule has 1 rings (SSSR count). The Labute approximate surface area is 115 Å². The lowest BCUT2D eigenvalue weighted by atomic mass is 10.2. The number of hydrogen-bond donors (Lipinski definition) is 2. The minimum absolute atomic E-state index is 0.00931. The van der Waals surface area contributed by atoms with Crippen LogP contribution in [0.4, 0.5) is 0 Å². The molecule has 1 aromatic carbocycles. The zero-order valence-electron chi connectivity index (χ0n) is 10.7. The smallest absolute Gasteiger partial charge is 0.341 e. The Morgan fingerprint density at radius 1 is 1.30 bits per heavy atom. The van der Waals surface area contributed by atoms with Crippen molar-refractivity contribution in [2.24, 2.45) is 0 Å². The molecule has 0 aliphatic heterocycles. The van der Waals surface area contributed by atoms with Crippen molar-refractivity contribution >= 4 is 22.0 Å². The highest BCUT2D eigenvalue weighted by molar-refractivity contribution is 7.89. The standard InChI is InChI=1S/C11H13NO7S/c1-18-9-5-7(3-4-8(9)11(15)19-2)20(16,17)12-6-10(13)14/h3-5,12H,6H2,1-2H3,(H,13,14). The molecule has 1 aromatic rings. The predicted molar refractivity (Wildman–Crippen MR) is 67.2 cm³/mol. The number of carboxylic acids is 1. The van der Waals surface area contributed by atoms with Gasteiger partial charge < -0.3 is 14.6 Å². The molecule has 0 spiro atoms. The van der Waals surface area contributed by atoms with Crippen LogP contribution in [-0.2, 0) is 19.6 Å². The first-order chi connectivity index (χ1) is 9.31. The van der Waals surface area contributed by atoms with Gasteiger partial charge in [-0.05, 0) is 12.1 Å². The maximum Gasteiger partial charge on any atom is 0.341 e. The highest BCUT2D eigenvalue weighted by atomic mass is 32.2. The summed E-state index contributed by atoms with van der Waals surface area (Å²) in [6.45, 7) is -0.747. The lowest BCUT2D eigenvalue weighted by Gasteiger charge is -2.10. The van der Waals surface area contributed by atoms with Crippen molar-refractivity contribution in [2.45, 2.75) is 4.90 Å². The van der Waals surface area contributed by atoms with E-state index < -0.39 is 28.5 Å². The molecule has 0 amide bonds. The molecule has 0 aliphatic rings. The van der Waals surface area contributed by atoms with Crippen LogP contribution in [0.2, 0.25) is 0 Å². The van der Waals surface area contributed by atoms with Crippen molar-refractivity contribution in [2.75, 3.05) is 20.8 Å². The van der Waals surface area contributed by atoms with Gasteiger partial charge in [-0.1, -0.05) is 0 Å². The number of ether oxygens (including phenoxy) is 2. The van der Waals surface area contributed by atoms with Crippen LogP contribution in [0.5, 0.6) is 5.75 Å². The molecule has 0 fully saturated rings. The number of benzene rings is 1. The summed E-state index contributed by atoms with van der Waals surface area (Å²) in [5.74, 6) is -1.98. The van der Waals surface area contributed by atoms with Gasteiger partial charge in [0.2, 0.25) is 10.0 Å². The largest absolute Gasteiger partial charge is 0.496 e. The molecular weight excluding hydrogens is 290 g/mol. The van der Waals surface area contributed by atoms with Gasteiger partial charge in [-0.25, -0.2) is 13.2 Å². The van der Waals surface area contributed by atoms with Crippen molar-refractivity contribution in [1.29, 1.82) is 0 Å². The summed E-state index contributed by atoms with van der Waals surface area (Å²) in [4.78, 5) is 21.6. The van der Waals surface area contributed by atoms with Crippen molar-refractivity contribution in [3.8, 4) is 5.75 Å². The zero-order chi connectivity index (χ0) is 15.3. The molecule has 8 nitrogen and oxygen atoms in total. The molecule has 0 radical (unpaired) electrons. The number of hydrogen-bond acceptors (Lipinski definition) is 6. The third-order valence-electron chi connectivity index (χ3n) is 2.30. The van der Waals surface area contributed by atoms with Crippen LogP contribution in [-0.4, -0.2) is 46.2 Å². The van der Waals surface area contributed by atoms with Gasteiger partial charge in [0.15, 0.2) is 0 Å². The second-order valence-electron chi connectivity index (χ2n) is 3.57. The molecule has 0 saturated heterocycles. The average Bonchev–Trinajstić information content (AvgIpc) is 2.43. The number of carbonyl (C=O) groups is 2. The molecule has 0 heterocycles. The van der Waals surface area contributed by atoms with E-state index in [1.54, 1.807) is 0 Å². The molecule has 0 unspecified atom stereocenters. The maximum absolute atomic E-state index is 11.8. The summed E-state index contributed by atoms with van der Waals surface area (Å²) >= 11 is 0. The number of esters is 1. The fraction of sp³-hybridized carbons (Fsp3) is 0.273. The number of nitrogens with one attached hydrogen (secondary N) is 1. The van der Waals surface area contributed by atoms with Gasteiger partial charge in [-0.3, -0.25) is 4.79 Å². The summed E-state index contributed by atoms with van der Waals surface area (Å²) in [7, 11) is -1.55. The molecule has 110 valence electrons. The number of carboxylic acid groups (broad SMARTS) is 1. The van der Waals surface area contributed by atoms with Crippen molar-refractivity contribution in [3.63, 3.8) is 0 Å². The Balaban J connectivity index is 3.15. The minimum atomic E-state index is -4.00. The van der Waals surface area contributed by atoms with E-state index in [1.807, 2.05) is 4.72 Å². The topological polar surface area (TPSA) is 119 Å². The van der Waals surface area contributed by atoms with Gasteiger partial charge >= 0.3 is 11.9 Å². The van der Waals surface area contributed by atoms with E-state index in [9.17, 15) is 18.0 Å². The minimum Gasteiger partial charge on any atom is -0.496 e. The Kier molecular flexibility index (Phi) is 5.06. The third kappa shape index (κ3) is 3.68. The normalized spacial score (nSPS) is 10.9. The van der Waals surface area contributed by atoms with Crippen molar-refractivity contribution in [1.82, 2.24) is 4.72 Å². The van der Waals surface area contributed by atoms with Gasteiger partial charge in [0.05, 0.1) is 19.1 Å². The van der Waals surface area contributed by atoms with E-state index in [0.717, 1.165) is 12.1 Å². The molecule has 20 heavy (non-hydrogen) atoms. The van der Waals surface area contributed by atoms with Gasteiger partial charge in [0, 0.05) is 6.07 Å². The summed E-state index contributed by atoms with van der Waals surface area (Å²) in [5, 5.41) is 8.46. The average molecular weight is 303 g/mol. The van der Waals surface area contributed by atoms with Gasteiger partial charge in [-0.15, -0.1) is 0 Å². The van der Waals surface area contributed by atoms with Crippen LogP contribution >= 0.6 is 0 Å². The highest BCUT2D eigenvalue weighted by Gasteiger charge is 2.20. The van der Waals surface area contributed by atoms with Crippen LogP contribution in [0.1, 0.15) is 10.4 Å². The van der Waals surface area contributed by atoms with E-state index in [1.165, 1.54) is 20.3 Å². The summed E-state index contributed by atoms with van der Waals surface area (Å²) < 4.78 is 35.0. The van der Waals surface area contributed by atoms with E-state index in [2.05, 4.69) is 4.74 Å². The fourth-order valence-corrected chi connectivity index (χ4v) is 2.35. The van der Waals surface area contributed by atoms with E-state index in [4.69, 9.17) is 9.84 Å². The number of aliphatic carboxylic acids is 1. The Morgan fingerprint density at radius 2 is 1.95 bits per heavy atom. The van der Waals surface area contributed by atoms with Crippen LogP contribution in [0, 0.1) is 0 Å². The first-order valence-electron chi connectivity index (χ1n) is 5.29. The Hall–Kier alpha value is -2.13. The highest BCUT2D eigenvalue weighted by Crippen LogP contribution is 2.23. The summed E-state index contributed by atoms with van der Waals surface area (Å²) in [5.41, 5.74) is 0.0622. The van der Waals surface area contributed by atoms with Crippen LogP contribution in [0.3, 0.4) is 0 Å². The van der Waals surface area contributed by atoms with Crippen molar-refractivity contribution in [3.05, 3.63) is 23.8 Å². The number of rotatable bonds is 6. The number of carbonyl (C=O) groups excluding carboxylic acids is 1. The monoisotopic (exact) mass is 303 g/mol. The Morgan fingerprint density at radius 3 is 2.45 bits per heavy atom. The van der Waals surface area contributed by atoms with E-state index in [0.29, 0.717) is 0 Å². The Bertz CT molecular complexity index is 624. The zero-order valence-corrected chi connectivity index (χ0v) is 11.6. The first-order valence-corrected chi connectivity index (χ1v) is 6.78. The first kappa shape index (κ1) is 15.9. The molecule has 2 N–H and O–H groups in total. The van der Waals surface area contributed by atoms with Gasteiger partial charge in [0.25, 0.3) is 0 Å². The molecule has 0 aromatic heterocycles. The molecule has 0 saturated carbocycles. The quantitative estimate of drug-likeness (QED) is 0.701. The molecule has 0 bridgehead atoms. The van der Waals surface area contributed by atoms with Crippen LogP contribution in [0.15, 0.2) is 23.1 Å². The molecule has 0 aliphatic carbocycles. The van der Waals surface area contributed by atoms with Gasteiger partial charge in [0.1, 0.15) is 17.9 Å². The molecule has 0 atom stereocenters.